The number of para-hydroxylation sites is 1. The van der Waals surface area contributed by atoms with Crippen LogP contribution in [-0.2, 0) is 4.84 Å². The summed E-state index contributed by atoms with van der Waals surface area (Å²) in [5, 5.41) is 0. The standard InChI is InChI=1S/C22H35NO/c1-3-8-14-20(15-9-4-1)22(18-12-5-2-6-13-19-22)24-23-21-16-10-7-11-17-21/h7,10-11,16-17,20,23H,1-6,8-9,12-15,18-19H2. The van der Waals surface area contributed by atoms with E-state index in [1.54, 1.807) is 0 Å². The van der Waals surface area contributed by atoms with E-state index in [4.69, 9.17) is 4.84 Å². The highest BCUT2D eigenvalue weighted by Crippen LogP contribution is 2.42. The Bertz CT molecular complexity index is 442. The van der Waals surface area contributed by atoms with Gasteiger partial charge in [-0.3, -0.25) is 10.3 Å². The Morgan fingerprint density at radius 1 is 0.708 bits per heavy atom. The fourth-order valence-electron chi connectivity index (χ4n) is 4.75. The third-order valence-electron chi connectivity index (χ3n) is 6.20. The maximum Gasteiger partial charge on any atom is 0.0988 e. The molecule has 1 N–H and O–H groups in total. The monoisotopic (exact) mass is 329 g/mol. The lowest BCUT2D eigenvalue weighted by atomic mass is 9.72. The van der Waals surface area contributed by atoms with Gasteiger partial charge in [0.1, 0.15) is 0 Å². The molecule has 24 heavy (non-hydrogen) atoms. The average Bonchev–Trinajstić information content (AvgIpc) is 2.56. The Balaban J connectivity index is 1.73. The number of nitrogens with one attached hydrogen (secondary N) is 1. The third-order valence-corrected chi connectivity index (χ3v) is 6.20. The van der Waals surface area contributed by atoms with Crippen LogP contribution < -0.4 is 5.48 Å². The molecule has 2 fully saturated rings. The van der Waals surface area contributed by atoms with Crippen molar-refractivity contribution in [1.82, 2.24) is 0 Å². The van der Waals surface area contributed by atoms with Crippen LogP contribution in [0.4, 0.5) is 5.69 Å². The zero-order valence-corrected chi connectivity index (χ0v) is 15.3. The smallest absolute Gasteiger partial charge is 0.0988 e. The molecule has 0 bridgehead atoms. The summed E-state index contributed by atoms with van der Waals surface area (Å²) in [4.78, 5) is 6.58. The Labute approximate surface area is 148 Å². The predicted octanol–water partition coefficient (Wildman–Crippen LogP) is 6.87. The third kappa shape index (κ3) is 4.99. The minimum atomic E-state index is 0.0492. The van der Waals surface area contributed by atoms with Crippen LogP contribution in [0.1, 0.15) is 89.9 Å². The average molecular weight is 330 g/mol. The highest BCUT2D eigenvalue weighted by Gasteiger charge is 2.40. The molecule has 0 radical (unpaired) electrons. The maximum atomic E-state index is 6.58. The Morgan fingerprint density at radius 3 is 1.88 bits per heavy atom. The predicted molar refractivity (Wildman–Crippen MR) is 102 cm³/mol. The molecule has 0 spiro atoms. The van der Waals surface area contributed by atoms with Gasteiger partial charge in [-0.15, -0.1) is 0 Å². The molecule has 0 aromatic heterocycles. The van der Waals surface area contributed by atoms with Gasteiger partial charge in [-0.05, 0) is 43.7 Å². The van der Waals surface area contributed by atoms with Crippen molar-refractivity contribution >= 4 is 5.69 Å². The van der Waals surface area contributed by atoms with Crippen molar-refractivity contribution < 1.29 is 4.84 Å². The van der Waals surface area contributed by atoms with Crippen molar-refractivity contribution in [3.8, 4) is 0 Å². The Kier molecular flexibility index (Phi) is 7.01. The molecule has 2 aliphatic rings. The molecule has 134 valence electrons. The zero-order valence-electron chi connectivity index (χ0n) is 15.3. The number of hydrogen-bond donors (Lipinski definition) is 1. The van der Waals surface area contributed by atoms with Gasteiger partial charge in [-0.1, -0.05) is 82.4 Å². The van der Waals surface area contributed by atoms with Gasteiger partial charge in [0, 0.05) is 0 Å². The second-order valence-corrected chi connectivity index (χ2v) is 7.94. The van der Waals surface area contributed by atoms with E-state index >= 15 is 0 Å². The molecular formula is C22H35NO. The van der Waals surface area contributed by atoms with Gasteiger partial charge >= 0.3 is 0 Å². The summed E-state index contributed by atoms with van der Waals surface area (Å²) in [5.74, 6) is 0.729. The van der Waals surface area contributed by atoms with E-state index in [-0.39, 0.29) is 5.60 Å². The number of anilines is 1. The van der Waals surface area contributed by atoms with Gasteiger partial charge in [0.05, 0.1) is 11.3 Å². The maximum absolute atomic E-state index is 6.58. The van der Waals surface area contributed by atoms with Crippen LogP contribution >= 0.6 is 0 Å². The highest BCUT2D eigenvalue weighted by atomic mass is 16.7. The first-order valence-corrected chi connectivity index (χ1v) is 10.4. The Morgan fingerprint density at radius 2 is 1.25 bits per heavy atom. The van der Waals surface area contributed by atoms with Gasteiger partial charge in [-0.2, -0.15) is 0 Å². The van der Waals surface area contributed by atoms with E-state index in [1.807, 2.05) is 0 Å². The van der Waals surface area contributed by atoms with E-state index < -0.39 is 0 Å². The van der Waals surface area contributed by atoms with E-state index in [1.165, 1.54) is 89.9 Å². The molecular weight excluding hydrogens is 294 g/mol. The fraction of sp³-hybridized carbons (Fsp3) is 0.727. The quantitative estimate of drug-likeness (QED) is 0.608. The molecule has 2 nitrogen and oxygen atoms in total. The molecule has 0 atom stereocenters. The first-order valence-electron chi connectivity index (χ1n) is 10.4. The molecule has 0 unspecified atom stereocenters. The van der Waals surface area contributed by atoms with Crippen molar-refractivity contribution in [1.29, 1.82) is 0 Å². The molecule has 2 heteroatoms. The normalized spacial score (nSPS) is 23.5. The van der Waals surface area contributed by atoms with Crippen molar-refractivity contribution in [2.24, 2.45) is 5.92 Å². The van der Waals surface area contributed by atoms with Crippen LogP contribution in [0.3, 0.4) is 0 Å². The molecule has 2 aliphatic carbocycles. The SMILES string of the molecule is c1ccc(NOC2(C3CCCCCCC3)CCCCCCC2)cc1. The van der Waals surface area contributed by atoms with Crippen molar-refractivity contribution in [2.75, 3.05) is 5.48 Å². The molecule has 0 saturated heterocycles. The second kappa shape index (κ2) is 9.46. The number of rotatable bonds is 4. The molecule has 3 rings (SSSR count). The summed E-state index contributed by atoms with van der Waals surface area (Å²) < 4.78 is 0. The molecule has 0 amide bonds. The molecule has 1 aromatic rings. The summed E-state index contributed by atoms with van der Waals surface area (Å²) in [6.07, 6.45) is 19.0. The van der Waals surface area contributed by atoms with Crippen molar-refractivity contribution in [3.05, 3.63) is 30.3 Å². The molecule has 2 saturated carbocycles. The van der Waals surface area contributed by atoms with E-state index in [0.717, 1.165) is 11.6 Å². The van der Waals surface area contributed by atoms with E-state index in [9.17, 15) is 0 Å². The van der Waals surface area contributed by atoms with E-state index in [0.29, 0.717) is 0 Å². The van der Waals surface area contributed by atoms with Crippen LogP contribution in [0.25, 0.3) is 0 Å². The summed E-state index contributed by atoms with van der Waals surface area (Å²) in [6.45, 7) is 0. The highest BCUT2D eigenvalue weighted by molar-refractivity contribution is 5.40. The van der Waals surface area contributed by atoms with Gasteiger partial charge < -0.3 is 0 Å². The van der Waals surface area contributed by atoms with Crippen LogP contribution in [-0.4, -0.2) is 5.60 Å². The molecule has 0 aliphatic heterocycles. The van der Waals surface area contributed by atoms with Gasteiger partial charge in [0.25, 0.3) is 0 Å². The largest absolute Gasteiger partial charge is 0.269 e. The van der Waals surface area contributed by atoms with Gasteiger partial charge in [0.2, 0.25) is 0 Å². The molecule has 1 aromatic carbocycles. The first kappa shape index (κ1) is 17.8. The minimum Gasteiger partial charge on any atom is -0.269 e. The Hall–Kier alpha value is -1.02. The van der Waals surface area contributed by atoms with Crippen molar-refractivity contribution in [2.45, 2.75) is 95.5 Å². The summed E-state index contributed by atoms with van der Waals surface area (Å²) in [6, 6.07) is 10.4. The lowest BCUT2D eigenvalue weighted by Crippen LogP contribution is -2.43. The molecule has 0 heterocycles. The van der Waals surface area contributed by atoms with Crippen LogP contribution in [0.2, 0.25) is 0 Å². The lowest BCUT2D eigenvalue weighted by molar-refractivity contribution is -0.0847. The summed E-state index contributed by atoms with van der Waals surface area (Å²) >= 11 is 0. The lowest BCUT2D eigenvalue weighted by Gasteiger charge is -2.42. The van der Waals surface area contributed by atoms with E-state index in [2.05, 4.69) is 35.8 Å². The number of benzene rings is 1. The topological polar surface area (TPSA) is 21.3 Å². The van der Waals surface area contributed by atoms with Gasteiger partial charge in [-0.25, -0.2) is 0 Å². The van der Waals surface area contributed by atoms with Crippen LogP contribution in [0.5, 0.6) is 0 Å². The minimum absolute atomic E-state index is 0.0492. The zero-order chi connectivity index (χ0) is 16.5. The van der Waals surface area contributed by atoms with Crippen LogP contribution in [0, 0.1) is 5.92 Å². The van der Waals surface area contributed by atoms with Crippen LogP contribution in [0.15, 0.2) is 30.3 Å². The van der Waals surface area contributed by atoms with Crippen molar-refractivity contribution in [3.63, 3.8) is 0 Å². The first-order chi connectivity index (χ1) is 11.9. The summed E-state index contributed by atoms with van der Waals surface area (Å²) in [5.41, 5.74) is 4.47. The second-order valence-electron chi connectivity index (χ2n) is 7.94. The summed E-state index contributed by atoms with van der Waals surface area (Å²) in [7, 11) is 0. The number of hydrogen-bond acceptors (Lipinski definition) is 2. The fourth-order valence-corrected chi connectivity index (χ4v) is 4.75. The van der Waals surface area contributed by atoms with Gasteiger partial charge in [0.15, 0.2) is 0 Å².